The summed E-state index contributed by atoms with van der Waals surface area (Å²) in [5, 5.41) is 1.20. The highest BCUT2D eigenvalue weighted by atomic mass is 32.1. The van der Waals surface area contributed by atoms with Crippen LogP contribution in [-0.2, 0) is 0 Å². The second kappa shape index (κ2) is 4.82. The lowest BCUT2D eigenvalue weighted by molar-refractivity contribution is 0.546. The number of hydrogen-bond donors (Lipinski definition) is 1. The molecule has 0 spiro atoms. The number of rotatable bonds is 3. The van der Waals surface area contributed by atoms with Crippen molar-refractivity contribution in [2.24, 2.45) is 11.7 Å². The first-order valence-electron chi connectivity index (χ1n) is 6.44. The van der Waals surface area contributed by atoms with Crippen molar-refractivity contribution in [1.29, 1.82) is 0 Å². The maximum Gasteiger partial charge on any atom is 0.140 e. The van der Waals surface area contributed by atoms with Crippen molar-refractivity contribution in [2.75, 3.05) is 24.5 Å². The normalized spacial score (nSPS) is 19.9. The Morgan fingerprint density at radius 1 is 1.50 bits per heavy atom. The van der Waals surface area contributed by atoms with Crippen LogP contribution < -0.4 is 10.6 Å². The number of hydrogen-bond acceptors (Lipinski definition) is 5. The van der Waals surface area contributed by atoms with E-state index in [2.05, 4.69) is 27.9 Å². The fraction of sp³-hybridized carbons (Fsp3) is 0.538. The third-order valence-corrected chi connectivity index (χ3v) is 4.55. The third-order valence-electron chi connectivity index (χ3n) is 3.59. The highest BCUT2D eigenvalue weighted by molar-refractivity contribution is 7.18. The number of nitrogens with two attached hydrogens (primary N) is 1. The molecule has 1 atom stereocenters. The number of aryl methyl sites for hydroxylation is 1. The van der Waals surface area contributed by atoms with E-state index in [9.17, 15) is 0 Å². The van der Waals surface area contributed by atoms with Gasteiger partial charge >= 0.3 is 0 Å². The maximum absolute atomic E-state index is 5.64. The third kappa shape index (κ3) is 2.08. The molecule has 0 amide bonds. The molecule has 1 fully saturated rings. The maximum atomic E-state index is 5.64. The van der Waals surface area contributed by atoms with Gasteiger partial charge in [0.05, 0.1) is 5.39 Å². The van der Waals surface area contributed by atoms with Crippen LogP contribution in [0.15, 0.2) is 12.4 Å². The Balaban J connectivity index is 1.90. The Morgan fingerprint density at radius 2 is 2.39 bits per heavy atom. The molecule has 2 aromatic rings. The highest BCUT2D eigenvalue weighted by Gasteiger charge is 2.24. The summed E-state index contributed by atoms with van der Waals surface area (Å²) in [5.41, 5.74) is 5.64. The summed E-state index contributed by atoms with van der Waals surface area (Å²) in [4.78, 5) is 13.6. The Morgan fingerprint density at radius 3 is 3.22 bits per heavy atom. The fourth-order valence-corrected chi connectivity index (χ4v) is 3.55. The topological polar surface area (TPSA) is 55.0 Å². The van der Waals surface area contributed by atoms with E-state index in [-0.39, 0.29) is 0 Å². The van der Waals surface area contributed by atoms with Crippen molar-refractivity contribution in [3.63, 3.8) is 0 Å². The number of thiophene rings is 1. The van der Waals surface area contributed by atoms with Crippen LogP contribution in [0.4, 0.5) is 5.82 Å². The van der Waals surface area contributed by atoms with Gasteiger partial charge in [-0.05, 0) is 38.3 Å². The van der Waals surface area contributed by atoms with Crippen LogP contribution in [-0.4, -0.2) is 29.6 Å². The molecule has 18 heavy (non-hydrogen) atoms. The summed E-state index contributed by atoms with van der Waals surface area (Å²) in [6.45, 7) is 5.08. The van der Waals surface area contributed by atoms with Gasteiger partial charge in [-0.2, -0.15) is 0 Å². The van der Waals surface area contributed by atoms with Gasteiger partial charge in [0.15, 0.2) is 0 Å². The minimum absolute atomic E-state index is 0.722. The molecule has 0 aliphatic carbocycles. The van der Waals surface area contributed by atoms with Crippen molar-refractivity contribution in [3.05, 3.63) is 17.3 Å². The molecule has 3 rings (SSSR count). The van der Waals surface area contributed by atoms with Gasteiger partial charge in [-0.3, -0.25) is 0 Å². The van der Waals surface area contributed by atoms with Crippen molar-refractivity contribution >= 4 is 27.4 Å². The van der Waals surface area contributed by atoms with Crippen LogP contribution in [0.25, 0.3) is 10.2 Å². The molecule has 0 radical (unpaired) electrons. The van der Waals surface area contributed by atoms with Gasteiger partial charge in [-0.1, -0.05) is 0 Å². The first-order valence-corrected chi connectivity index (χ1v) is 7.25. The standard InChI is InChI=1S/C13H18N4S/c1-9-6-11-12(15-8-16-13(11)18-9)17-5-3-10(7-17)2-4-14/h6,8,10H,2-5,7,14H2,1H3. The van der Waals surface area contributed by atoms with E-state index in [1.165, 1.54) is 16.7 Å². The molecular formula is C13H18N4S. The molecule has 1 aliphatic heterocycles. The Kier molecular flexibility index (Phi) is 3.18. The molecule has 2 aromatic heterocycles. The van der Waals surface area contributed by atoms with Crippen molar-refractivity contribution in [2.45, 2.75) is 19.8 Å². The first-order chi connectivity index (χ1) is 8.78. The summed E-state index contributed by atoms with van der Waals surface area (Å²) >= 11 is 1.74. The second-order valence-electron chi connectivity index (χ2n) is 4.95. The number of fused-ring (bicyclic) bond motifs is 1. The van der Waals surface area contributed by atoms with Gasteiger partial charge in [-0.25, -0.2) is 9.97 Å². The van der Waals surface area contributed by atoms with E-state index in [4.69, 9.17) is 5.73 Å². The predicted octanol–water partition coefficient (Wildman–Crippen LogP) is 2.17. The summed E-state index contributed by atoms with van der Waals surface area (Å²) in [5.74, 6) is 1.82. The zero-order valence-corrected chi connectivity index (χ0v) is 11.4. The van der Waals surface area contributed by atoms with E-state index in [0.29, 0.717) is 0 Å². The quantitative estimate of drug-likeness (QED) is 0.921. The van der Waals surface area contributed by atoms with E-state index in [1.54, 1.807) is 17.7 Å². The number of anilines is 1. The van der Waals surface area contributed by atoms with Gasteiger partial charge < -0.3 is 10.6 Å². The fourth-order valence-electron chi connectivity index (χ4n) is 2.71. The molecular weight excluding hydrogens is 244 g/mol. The van der Waals surface area contributed by atoms with Gasteiger partial charge in [0.25, 0.3) is 0 Å². The molecule has 1 unspecified atom stereocenters. The van der Waals surface area contributed by atoms with Crippen molar-refractivity contribution < 1.29 is 0 Å². The van der Waals surface area contributed by atoms with Crippen LogP contribution in [0.5, 0.6) is 0 Å². The largest absolute Gasteiger partial charge is 0.356 e. The van der Waals surface area contributed by atoms with E-state index in [1.807, 2.05) is 0 Å². The van der Waals surface area contributed by atoms with Gasteiger partial charge in [-0.15, -0.1) is 11.3 Å². The van der Waals surface area contributed by atoms with Crippen LogP contribution in [0.2, 0.25) is 0 Å². The van der Waals surface area contributed by atoms with Crippen LogP contribution in [0, 0.1) is 12.8 Å². The van der Waals surface area contributed by atoms with Crippen LogP contribution in [0.1, 0.15) is 17.7 Å². The summed E-state index contributed by atoms with van der Waals surface area (Å²) in [7, 11) is 0. The monoisotopic (exact) mass is 262 g/mol. The molecule has 96 valence electrons. The Labute approximate surface area is 111 Å². The smallest absolute Gasteiger partial charge is 0.140 e. The minimum atomic E-state index is 0.722. The number of nitrogens with zero attached hydrogens (tertiary/aromatic N) is 3. The first kappa shape index (κ1) is 11.9. The molecule has 4 nitrogen and oxygen atoms in total. The minimum Gasteiger partial charge on any atom is -0.356 e. The van der Waals surface area contributed by atoms with Gasteiger partial charge in [0, 0.05) is 18.0 Å². The van der Waals surface area contributed by atoms with Gasteiger partial charge in [0.1, 0.15) is 17.0 Å². The van der Waals surface area contributed by atoms with Crippen LogP contribution >= 0.6 is 11.3 Å². The molecule has 1 aliphatic rings. The molecule has 2 N–H and O–H groups in total. The lowest BCUT2D eigenvalue weighted by atomic mass is 10.1. The van der Waals surface area contributed by atoms with Crippen molar-refractivity contribution in [1.82, 2.24) is 9.97 Å². The van der Waals surface area contributed by atoms with E-state index < -0.39 is 0 Å². The molecule has 3 heterocycles. The molecule has 1 saturated heterocycles. The summed E-state index contributed by atoms with van der Waals surface area (Å²) in [6.07, 6.45) is 4.03. The lowest BCUT2D eigenvalue weighted by Crippen LogP contribution is -2.21. The zero-order valence-electron chi connectivity index (χ0n) is 10.6. The van der Waals surface area contributed by atoms with E-state index >= 15 is 0 Å². The summed E-state index contributed by atoms with van der Waals surface area (Å²) < 4.78 is 0. The Hall–Kier alpha value is -1.20. The van der Waals surface area contributed by atoms with E-state index in [0.717, 1.165) is 42.6 Å². The van der Waals surface area contributed by atoms with Gasteiger partial charge in [0.2, 0.25) is 0 Å². The molecule has 0 bridgehead atoms. The average Bonchev–Trinajstić information content (AvgIpc) is 2.94. The summed E-state index contributed by atoms with van der Waals surface area (Å²) in [6, 6.07) is 2.20. The lowest BCUT2D eigenvalue weighted by Gasteiger charge is -2.17. The number of aromatic nitrogens is 2. The average molecular weight is 262 g/mol. The molecule has 5 heteroatoms. The van der Waals surface area contributed by atoms with Crippen LogP contribution in [0.3, 0.4) is 0 Å². The zero-order chi connectivity index (χ0) is 12.5. The predicted molar refractivity (Wildman–Crippen MR) is 76.1 cm³/mol. The molecule has 0 aromatic carbocycles. The SMILES string of the molecule is Cc1cc2c(N3CCC(CCN)C3)ncnc2s1. The molecule has 0 saturated carbocycles. The second-order valence-corrected chi connectivity index (χ2v) is 6.19. The highest BCUT2D eigenvalue weighted by Crippen LogP contribution is 2.32. The van der Waals surface area contributed by atoms with Crippen molar-refractivity contribution in [3.8, 4) is 0 Å². The Bertz CT molecular complexity index is 551.